The minimum absolute atomic E-state index is 0.0372. The molecule has 0 saturated heterocycles. The third-order valence-corrected chi connectivity index (χ3v) is 4.38. The van der Waals surface area contributed by atoms with Crippen LogP contribution in [0.1, 0.15) is 33.9 Å². The smallest absolute Gasteiger partial charge is 0.306 e. The molecule has 0 N–H and O–H groups in total. The number of aromatic nitrogens is 3. The van der Waals surface area contributed by atoms with Crippen molar-refractivity contribution in [3.8, 4) is 0 Å². The van der Waals surface area contributed by atoms with Crippen LogP contribution >= 0.6 is 11.3 Å². The fraction of sp³-hybridized carbons (Fsp3) is 0.235. The van der Waals surface area contributed by atoms with Gasteiger partial charge in [0.25, 0.3) is 5.56 Å². The summed E-state index contributed by atoms with van der Waals surface area (Å²) < 4.78 is 19.1. The molecule has 0 saturated carbocycles. The van der Waals surface area contributed by atoms with Crippen LogP contribution in [0.4, 0.5) is 4.39 Å². The van der Waals surface area contributed by atoms with E-state index in [9.17, 15) is 18.8 Å². The van der Waals surface area contributed by atoms with Gasteiger partial charge in [0.15, 0.2) is 10.8 Å². The Morgan fingerprint density at radius 2 is 1.96 bits per heavy atom. The van der Waals surface area contributed by atoms with Crippen molar-refractivity contribution in [1.29, 1.82) is 0 Å². The quantitative estimate of drug-likeness (QED) is 0.485. The van der Waals surface area contributed by atoms with E-state index in [0.717, 1.165) is 15.9 Å². The van der Waals surface area contributed by atoms with Crippen molar-refractivity contribution < 1.29 is 18.7 Å². The summed E-state index contributed by atoms with van der Waals surface area (Å²) in [6.07, 6.45) is -0.136. The minimum atomic E-state index is -0.559. The Morgan fingerprint density at radius 1 is 1.23 bits per heavy atom. The summed E-state index contributed by atoms with van der Waals surface area (Å²) in [7, 11) is 0. The van der Waals surface area contributed by atoms with Crippen molar-refractivity contribution in [2.24, 2.45) is 0 Å². The number of Topliss-reactive ketones (excluding diaryl/α,β-unsaturated/α-hetero) is 1. The second-order valence-corrected chi connectivity index (χ2v) is 6.56. The highest BCUT2D eigenvalue weighted by atomic mass is 32.1. The molecule has 3 aromatic rings. The van der Waals surface area contributed by atoms with Crippen molar-refractivity contribution in [2.75, 3.05) is 0 Å². The number of carbonyl (C=O) groups is 2. The number of hydrogen-bond acceptors (Lipinski definition) is 7. The Kier molecular flexibility index (Phi) is 5.17. The molecule has 2 aromatic heterocycles. The number of nitrogens with zero attached hydrogens (tertiary/aromatic N) is 3. The molecule has 26 heavy (non-hydrogen) atoms. The van der Waals surface area contributed by atoms with E-state index in [4.69, 9.17) is 4.74 Å². The molecule has 0 aliphatic heterocycles. The Morgan fingerprint density at radius 3 is 2.69 bits per heavy atom. The molecule has 0 fully saturated rings. The van der Waals surface area contributed by atoms with Gasteiger partial charge in [0, 0.05) is 23.7 Å². The van der Waals surface area contributed by atoms with Gasteiger partial charge in [-0.25, -0.2) is 9.37 Å². The largest absolute Gasteiger partial charge is 0.458 e. The highest BCUT2D eigenvalue weighted by Gasteiger charge is 2.13. The number of aryl methyl sites for hydroxylation is 1. The SMILES string of the molecule is Cc1cc(=O)n2nc(COC(=O)CCC(=O)c3ccc(F)cc3)sc2n1. The van der Waals surface area contributed by atoms with Crippen molar-refractivity contribution in [3.05, 3.63) is 62.8 Å². The van der Waals surface area contributed by atoms with Crippen LogP contribution in [0.2, 0.25) is 0 Å². The summed E-state index contributed by atoms with van der Waals surface area (Å²) in [6, 6.07) is 6.49. The maximum Gasteiger partial charge on any atom is 0.306 e. The zero-order valence-corrected chi connectivity index (χ0v) is 14.6. The third kappa shape index (κ3) is 4.17. The highest BCUT2D eigenvalue weighted by Crippen LogP contribution is 2.13. The highest BCUT2D eigenvalue weighted by molar-refractivity contribution is 7.16. The van der Waals surface area contributed by atoms with Gasteiger partial charge in [-0.15, -0.1) is 0 Å². The average molecular weight is 375 g/mol. The number of fused-ring (bicyclic) bond motifs is 1. The topological polar surface area (TPSA) is 90.6 Å². The van der Waals surface area contributed by atoms with E-state index in [1.165, 1.54) is 30.3 Å². The predicted molar refractivity (Wildman–Crippen MR) is 91.6 cm³/mol. The van der Waals surface area contributed by atoms with E-state index >= 15 is 0 Å². The lowest BCUT2D eigenvalue weighted by molar-refractivity contribution is -0.144. The second kappa shape index (κ2) is 7.52. The van der Waals surface area contributed by atoms with E-state index in [2.05, 4.69) is 10.1 Å². The van der Waals surface area contributed by atoms with Crippen LogP contribution in [-0.4, -0.2) is 26.4 Å². The Balaban J connectivity index is 1.54. The van der Waals surface area contributed by atoms with Crippen LogP contribution in [-0.2, 0) is 16.1 Å². The number of benzene rings is 1. The van der Waals surface area contributed by atoms with Crippen molar-refractivity contribution in [1.82, 2.24) is 14.6 Å². The van der Waals surface area contributed by atoms with Crippen LogP contribution in [0.15, 0.2) is 35.1 Å². The molecule has 0 bridgehead atoms. The van der Waals surface area contributed by atoms with Crippen molar-refractivity contribution in [2.45, 2.75) is 26.4 Å². The number of ketones is 1. The molecule has 0 radical (unpaired) electrons. The molecule has 0 atom stereocenters. The molecule has 3 rings (SSSR count). The molecular formula is C17H14FN3O4S. The maximum atomic E-state index is 12.8. The fourth-order valence-corrected chi connectivity index (χ4v) is 3.09. The first-order valence-electron chi connectivity index (χ1n) is 7.73. The van der Waals surface area contributed by atoms with Crippen LogP contribution in [0, 0.1) is 12.7 Å². The summed E-state index contributed by atoms with van der Waals surface area (Å²) >= 11 is 1.15. The molecule has 0 amide bonds. The predicted octanol–water partition coefficient (Wildman–Crippen LogP) is 2.30. The van der Waals surface area contributed by atoms with E-state index in [-0.39, 0.29) is 30.8 Å². The first-order valence-corrected chi connectivity index (χ1v) is 8.55. The van der Waals surface area contributed by atoms with Gasteiger partial charge >= 0.3 is 5.97 Å². The molecule has 2 heterocycles. The number of carbonyl (C=O) groups excluding carboxylic acids is 2. The Bertz CT molecular complexity index is 1030. The summed E-state index contributed by atoms with van der Waals surface area (Å²) in [5.41, 5.74) is 0.624. The van der Waals surface area contributed by atoms with Gasteiger partial charge in [-0.1, -0.05) is 11.3 Å². The maximum absolute atomic E-state index is 12.8. The van der Waals surface area contributed by atoms with Crippen LogP contribution in [0.25, 0.3) is 4.96 Å². The first kappa shape index (κ1) is 17.9. The van der Waals surface area contributed by atoms with Gasteiger partial charge in [-0.05, 0) is 31.2 Å². The number of halogens is 1. The van der Waals surface area contributed by atoms with Gasteiger partial charge in [-0.3, -0.25) is 14.4 Å². The zero-order chi connectivity index (χ0) is 18.7. The Hall–Kier alpha value is -2.94. The lowest BCUT2D eigenvalue weighted by Gasteiger charge is -2.02. The van der Waals surface area contributed by atoms with Crippen molar-refractivity contribution >= 4 is 28.1 Å². The van der Waals surface area contributed by atoms with Crippen molar-refractivity contribution in [3.63, 3.8) is 0 Å². The molecule has 134 valence electrons. The van der Waals surface area contributed by atoms with E-state index in [1.54, 1.807) is 6.92 Å². The van der Waals surface area contributed by atoms with E-state index in [1.807, 2.05) is 0 Å². The Labute approximate surface area is 151 Å². The molecule has 1 aromatic carbocycles. The van der Waals surface area contributed by atoms with E-state index in [0.29, 0.717) is 21.2 Å². The van der Waals surface area contributed by atoms with Crippen LogP contribution in [0.3, 0.4) is 0 Å². The zero-order valence-electron chi connectivity index (χ0n) is 13.8. The monoisotopic (exact) mass is 375 g/mol. The molecule has 0 spiro atoms. The molecule has 0 aliphatic rings. The third-order valence-electron chi connectivity index (χ3n) is 3.49. The fourth-order valence-electron chi connectivity index (χ4n) is 2.23. The summed E-state index contributed by atoms with van der Waals surface area (Å²) in [4.78, 5) is 40.1. The number of esters is 1. The van der Waals surface area contributed by atoms with Crippen LogP contribution in [0.5, 0.6) is 0 Å². The van der Waals surface area contributed by atoms with Gasteiger partial charge in [-0.2, -0.15) is 9.61 Å². The molecule has 0 unspecified atom stereocenters. The molecule has 7 nitrogen and oxygen atoms in total. The standard InChI is InChI=1S/C17H14FN3O4S/c1-10-8-15(23)21-17(19-10)26-14(20-21)9-25-16(24)7-6-13(22)11-2-4-12(18)5-3-11/h2-5,8H,6-7,9H2,1H3. The average Bonchev–Trinajstić information content (AvgIpc) is 3.01. The summed E-state index contributed by atoms with van der Waals surface area (Å²) in [6.45, 7) is 1.61. The van der Waals surface area contributed by atoms with Gasteiger partial charge < -0.3 is 4.74 Å². The van der Waals surface area contributed by atoms with Gasteiger partial charge in [0.05, 0.1) is 6.42 Å². The number of rotatable bonds is 6. The van der Waals surface area contributed by atoms with E-state index < -0.39 is 11.8 Å². The summed E-state index contributed by atoms with van der Waals surface area (Å²) in [5, 5.41) is 4.49. The normalized spacial score (nSPS) is 10.8. The summed E-state index contributed by atoms with van der Waals surface area (Å²) in [5.74, 6) is -1.26. The lowest BCUT2D eigenvalue weighted by Crippen LogP contribution is -2.14. The molecular weight excluding hydrogens is 361 g/mol. The second-order valence-electron chi connectivity index (χ2n) is 5.52. The van der Waals surface area contributed by atoms with Gasteiger partial charge in [0.2, 0.25) is 4.96 Å². The molecule has 0 aliphatic carbocycles. The lowest BCUT2D eigenvalue weighted by atomic mass is 10.1. The molecule has 9 heteroatoms. The number of ether oxygens (including phenoxy) is 1. The first-order chi connectivity index (χ1) is 12.4. The number of hydrogen-bond donors (Lipinski definition) is 0. The minimum Gasteiger partial charge on any atom is -0.458 e. The van der Waals surface area contributed by atoms with Crippen LogP contribution < -0.4 is 5.56 Å². The van der Waals surface area contributed by atoms with Gasteiger partial charge in [0.1, 0.15) is 12.4 Å².